The maximum Gasteiger partial charge on any atom is 0.120 e. The van der Waals surface area contributed by atoms with Crippen LogP contribution in [0.25, 0.3) is 0 Å². The Balaban J connectivity index is 2.36. The molecule has 82 valence electrons. The van der Waals surface area contributed by atoms with Crippen LogP contribution < -0.4 is 5.73 Å². The smallest absolute Gasteiger partial charge is 0.120 e. The Morgan fingerprint density at radius 2 is 2.50 bits per heavy atom. The van der Waals surface area contributed by atoms with Crippen LogP contribution in [0.4, 0.5) is 0 Å². The maximum absolute atomic E-state index is 8.93. The summed E-state index contributed by atoms with van der Waals surface area (Å²) in [5.74, 6) is 0.292. The van der Waals surface area contributed by atoms with Crippen LogP contribution in [-0.2, 0) is 4.74 Å². The normalized spacial score (nSPS) is 26.0. The summed E-state index contributed by atoms with van der Waals surface area (Å²) >= 11 is 4.89. The third kappa shape index (κ3) is 3.49. The molecule has 1 aliphatic heterocycles. The predicted molar refractivity (Wildman–Crippen MR) is 59.2 cm³/mol. The minimum absolute atomic E-state index is 0.121. The molecule has 1 aliphatic rings. The van der Waals surface area contributed by atoms with E-state index in [1.807, 2.05) is 6.92 Å². The number of rotatable bonds is 4. The molecule has 0 saturated carbocycles. The lowest BCUT2D eigenvalue weighted by molar-refractivity contribution is -0.000807. The van der Waals surface area contributed by atoms with E-state index in [-0.39, 0.29) is 12.7 Å². The van der Waals surface area contributed by atoms with Crippen molar-refractivity contribution < 1.29 is 9.84 Å². The van der Waals surface area contributed by atoms with Crippen LogP contribution in [0.3, 0.4) is 0 Å². The van der Waals surface area contributed by atoms with Crippen molar-refractivity contribution in [2.45, 2.75) is 13.0 Å². The Kier molecular flexibility index (Phi) is 4.74. The van der Waals surface area contributed by atoms with Gasteiger partial charge in [0.05, 0.1) is 6.61 Å². The van der Waals surface area contributed by atoms with E-state index in [1.54, 1.807) is 0 Å². The van der Waals surface area contributed by atoms with Crippen LogP contribution >= 0.6 is 12.2 Å². The molecule has 5 heteroatoms. The van der Waals surface area contributed by atoms with Crippen molar-refractivity contribution in [1.82, 2.24) is 4.90 Å². The van der Waals surface area contributed by atoms with Gasteiger partial charge in [-0.3, -0.25) is 4.90 Å². The van der Waals surface area contributed by atoms with Gasteiger partial charge >= 0.3 is 0 Å². The molecule has 1 fully saturated rings. The van der Waals surface area contributed by atoms with Crippen molar-refractivity contribution in [1.29, 1.82) is 0 Å². The Bertz CT molecular complexity index is 201. The highest BCUT2D eigenvalue weighted by Crippen LogP contribution is 2.08. The topological polar surface area (TPSA) is 58.7 Å². The molecular formula is C9H18N2O2S. The number of hydrogen-bond donors (Lipinski definition) is 2. The van der Waals surface area contributed by atoms with Crippen LogP contribution in [0.5, 0.6) is 0 Å². The SMILES string of the molecule is CC(CO)CN1CCOC(C(N)=S)C1. The minimum Gasteiger partial charge on any atom is -0.396 e. The molecule has 1 saturated heterocycles. The third-order valence-corrected chi connectivity index (χ3v) is 2.61. The Morgan fingerprint density at radius 3 is 3.07 bits per heavy atom. The molecule has 0 aliphatic carbocycles. The summed E-state index contributed by atoms with van der Waals surface area (Å²) in [6.45, 7) is 5.42. The summed E-state index contributed by atoms with van der Waals surface area (Å²) in [7, 11) is 0. The molecule has 1 rings (SSSR count). The highest BCUT2D eigenvalue weighted by Gasteiger charge is 2.23. The first-order valence-electron chi connectivity index (χ1n) is 4.87. The van der Waals surface area contributed by atoms with Crippen molar-refractivity contribution in [2.75, 3.05) is 32.8 Å². The van der Waals surface area contributed by atoms with Gasteiger partial charge in [0.1, 0.15) is 11.1 Å². The van der Waals surface area contributed by atoms with Gasteiger partial charge in [-0.1, -0.05) is 19.1 Å². The van der Waals surface area contributed by atoms with E-state index >= 15 is 0 Å². The second kappa shape index (κ2) is 5.60. The van der Waals surface area contributed by atoms with Gasteiger partial charge in [-0.2, -0.15) is 0 Å². The fourth-order valence-corrected chi connectivity index (χ4v) is 1.68. The number of thiocarbonyl (C=S) groups is 1. The summed E-state index contributed by atoms with van der Waals surface area (Å²) in [5.41, 5.74) is 5.52. The monoisotopic (exact) mass is 218 g/mol. The first kappa shape index (κ1) is 11.8. The predicted octanol–water partition coefficient (Wildman–Crippen LogP) is -0.398. The molecule has 0 bridgehead atoms. The van der Waals surface area contributed by atoms with E-state index in [1.165, 1.54) is 0 Å². The largest absolute Gasteiger partial charge is 0.396 e. The van der Waals surface area contributed by atoms with Gasteiger partial charge in [0.2, 0.25) is 0 Å². The average Bonchev–Trinajstić information content (AvgIpc) is 2.18. The zero-order chi connectivity index (χ0) is 10.6. The number of aliphatic hydroxyl groups is 1. The van der Waals surface area contributed by atoms with Crippen molar-refractivity contribution in [3.05, 3.63) is 0 Å². The van der Waals surface area contributed by atoms with Gasteiger partial charge < -0.3 is 15.6 Å². The highest BCUT2D eigenvalue weighted by molar-refractivity contribution is 7.80. The maximum atomic E-state index is 8.93. The van der Waals surface area contributed by atoms with Crippen molar-refractivity contribution in [3.8, 4) is 0 Å². The van der Waals surface area contributed by atoms with Gasteiger partial charge in [0.15, 0.2) is 0 Å². The van der Waals surface area contributed by atoms with Crippen LogP contribution in [0.15, 0.2) is 0 Å². The lowest BCUT2D eigenvalue weighted by atomic mass is 10.1. The van der Waals surface area contributed by atoms with E-state index in [2.05, 4.69) is 4.90 Å². The van der Waals surface area contributed by atoms with E-state index in [9.17, 15) is 0 Å². The molecule has 0 aromatic carbocycles. The molecule has 0 spiro atoms. The molecule has 2 unspecified atom stereocenters. The Hall–Kier alpha value is -0.230. The third-order valence-electron chi connectivity index (χ3n) is 2.35. The number of nitrogens with zero attached hydrogens (tertiary/aromatic N) is 1. The number of nitrogens with two attached hydrogens (primary N) is 1. The van der Waals surface area contributed by atoms with Crippen LogP contribution in [0.1, 0.15) is 6.92 Å². The second-order valence-electron chi connectivity index (χ2n) is 3.81. The summed E-state index contributed by atoms with van der Waals surface area (Å²) in [6, 6.07) is 0. The van der Waals surface area contributed by atoms with Gasteiger partial charge in [0, 0.05) is 26.2 Å². The quantitative estimate of drug-likeness (QED) is 0.629. The molecule has 2 atom stereocenters. The summed E-state index contributed by atoms with van der Waals surface area (Å²) in [4.78, 5) is 2.65. The molecule has 0 aromatic rings. The van der Waals surface area contributed by atoms with Gasteiger partial charge in [-0.25, -0.2) is 0 Å². The fourth-order valence-electron chi connectivity index (χ4n) is 1.54. The average molecular weight is 218 g/mol. The Labute approximate surface area is 90.0 Å². The minimum atomic E-state index is -0.121. The van der Waals surface area contributed by atoms with E-state index in [0.29, 0.717) is 17.5 Å². The van der Waals surface area contributed by atoms with E-state index < -0.39 is 0 Å². The first-order chi connectivity index (χ1) is 6.63. The van der Waals surface area contributed by atoms with Gasteiger partial charge in [0.25, 0.3) is 0 Å². The lowest BCUT2D eigenvalue weighted by Crippen LogP contribution is -2.49. The Morgan fingerprint density at radius 1 is 1.79 bits per heavy atom. The fraction of sp³-hybridized carbons (Fsp3) is 0.889. The van der Waals surface area contributed by atoms with E-state index in [0.717, 1.165) is 19.6 Å². The molecule has 0 aromatic heterocycles. The molecule has 0 amide bonds. The summed E-state index contributed by atoms with van der Waals surface area (Å²) in [5, 5.41) is 8.93. The lowest BCUT2D eigenvalue weighted by Gasteiger charge is -2.33. The van der Waals surface area contributed by atoms with Crippen molar-refractivity contribution in [3.63, 3.8) is 0 Å². The standard InChI is InChI=1S/C9H18N2O2S/c1-7(6-12)4-11-2-3-13-8(5-11)9(10)14/h7-8,12H,2-6H2,1H3,(H2,10,14). The van der Waals surface area contributed by atoms with Crippen molar-refractivity contribution in [2.24, 2.45) is 11.7 Å². The molecule has 14 heavy (non-hydrogen) atoms. The number of ether oxygens (including phenoxy) is 1. The molecular weight excluding hydrogens is 200 g/mol. The first-order valence-corrected chi connectivity index (χ1v) is 5.28. The van der Waals surface area contributed by atoms with Crippen LogP contribution in [0.2, 0.25) is 0 Å². The van der Waals surface area contributed by atoms with Crippen molar-refractivity contribution >= 4 is 17.2 Å². The number of morpholine rings is 1. The van der Waals surface area contributed by atoms with Gasteiger partial charge in [-0.05, 0) is 5.92 Å². The van der Waals surface area contributed by atoms with Gasteiger partial charge in [-0.15, -0.1) is 0 Å². The summed E-state index contributed by atoms with van der Waals surface area (Å²) in [6.07, 6.45) is -0.121. The number of hydrogen-bond acceptors (Lipinski definition) is 4. The zero-order valence-electron chi connectivity index (χ0n) is 8.48. The van der Waals surface area contributed by atoms with Crippen LogP contribution in [0, 0.1) is 5.92 Å². The molecule has 1 heterocycles. The molecule has 0 radical (unpaired) electrons. The highest BCUT2D eigenvalue weighted by atomic mass is 32.1. The van der Waals surface area contributed by atoms with Crippen LogP contribution in [-0.4, -0.2) is 53.9 Å². The second-order valence-corrected chi connectivity index (χ2v) is 4.28. The number of aliphatic hydroxyl groups excluding tert-OH is 1. The van der Waals surface area contributed by atoms with E-state index in [4.69, 9.17) is 27.8 Å². The summed E-state index contributed by atoms with van der Waals surface area (Å²) < 4.78 is 5.41. The molecule has 3 N–H and O–H groups in total. The molecule has 4 nitrogen and oxygen atoms in total. The zero-order valence-corrected chi connectivity index (χ0v) is 9.30.